The van der Waals surface area contributed by atoms with Crippen molar-refractivity contribution in [2.45, 2.75) is 46.6 Å². The average Bonchev–Trinajstić information content (AvgIpc) is 2.50. The van der Waals surface area contributed by atoms with E-state index in [9.17, 15) is 4.79 Å². The summed E-state index contributed by atoms with van der Waals surface area (Å²) in [4.78, 5) is 12.0. The third-order valence-corrected chi connectivity index (χ3v) is 3.06. The van der Waals surface area contributed by atoms with E-state index in [-0.39, 0.29) is 5.91 Å². The molecule has 0 aliphatic rings. The average molecular weight is 293 g/mol. The van der Waals surface area contributed by atoms with Crippen LogP contribution in [0.3, 0.4) is 0 Å². The molecule has 1 aromatic rings. The van der Waals surface area contributed by atoms with E-state index < -0.39 is 0 Å². The number of unbranched alkanes of at least 4 members (excludes halogenated alkanes) is 1. The van der Waals surface area contributed by atoms with Gasteiger partial charge in [0.25, 0.3) is 5.91 Å². The third-order valence-electron chi connectivity index (χ3n) is 3.06. The Kier molecular flexibility index (Phi) is 8.51. The smallest absolute Gasteiger partial charge is 0.251 e. The molecule has 4 nitrogen and oxygen atoms in total. The summed E-state index contributed by atoms with van der Waals surface area (Å²) in [6.45, 7) is 8.61. The van der Waals surface area contributed by atoms with Crippen molar-refractivity contribution in [1.82, 2.24) is 5.32 Å². The first-order valence-corrected chi connectivity index (χ1v) is 7.84. The van der Waals surface area contributed by atoms with Crippen LogP contribution < -0.4 is 10.1 Å². The first-order valence-electron chi connectivity index (χ1n) is 7.84. The van der Waals surface area contributed by atoms with E-state index in [1.54, 1.807) is 6.07 Å². The fourth-order valence-electron chi connectivity index (χ4n) is 1.90. The molecule has 0 saturated carbocycles. The Bertz CT molecular complexity index is 432. The Balaban J connectivity index is 2.76. The molecule has 0 spiro atoms. The predicted molar refractivity (Wildman–Crippen MR) is 84.8 cm³/mol. The highest BCUT2D eigenvalue weighted by Gasteiger charge is 2.10. The SMILES string of the molecule is CCCCOCc1cc(C(=O)NCCC)ccc1OCC. The van der Waals surface area contributed by atoms with E-state index in [4.69, 9.17) is 9.47 Å². The van der Waals surface area contributed by atoms with Crippen molar-refractivity contribution in [1.29, 1.82) is 0 Å². The van der Waals surface area contributed by atoms with Gasteiger partial charge in [-0.05, 0) is 38.0 Å². The zero-order valence-electron chi connectivity index (χ0n) is 13.4. The summed E-state index contributed by atoms with van der Waals surface area (Å²) in [5.74, 6) is 0.746. The van der Waals surface area contributed by atoms with E-state index in [1.165, 1.54) is 0 Å². The maximum atomic E-state index is 12.0. The number of benzene rings is 1. The first kappa shape index (κ1) is 17.5. The Morgan fingerprint density at radius 1 is 1.19 bits per heavy atom. The molecular weight excluding hydrogens is 266 g/mol. The molecular formula is C17H27NO3. The molecule has 118 valence electrons. The molecule has 1 rings (SSSR count). The first-order chi connectivity index (χ1) is 10.2. The minimum Gasteiger partial charge on any atom is -0.494 e. The van der Waals surface area contributed by atoms with Crippen LogP contribution >= 0.6 is 0 Å². The molecule has 4 heteroatoms. The lowest BCUT2D eigenvalue weighted by atomic mass is 10.1. The summed E-state index contributed by atoms with van der Waals surface area (Å²) in [5.41, 5.74) is 1.58. The van der Waals surface area contributed by atoms with Gasteiger partial charge in [0.15, 0.2) is 0 Å². The number of rotatable bonds is 10. The van der Waals surface area contributed by atoms with E-state index >= 15 is 0 Å². The molecule has 0 bridgehead atoms. The fraction of sp³-hybridized carbons (Fsp3) is 0.588. The number of carbonyl (C=O) groups is 1. The Labute approximate surface area is 127 Å². The molecule has 0 heterocycles. The van der Waals surface area contributed by atoms with Crippen molar-refractivity contribution in [2.75, 3.05) is 19.8 Å². The van der Waals surface area contributed by atoms with Crippen LogP contribution in [0.2, 0.25) is 0 Å². The van der Waals surface area contributed by atoms with Crippen molar-refractivity contribution < 1.29 is 14.3 Å². The minimum atomic E-state index is -0.0466. The van der Waals surface area contributed by atoms with Crippen molar-refractivity contribution >= 4 is 5.91 Å². The molecule has 0 aliphatic carbocycles. The molecule has 0 radical (unpaired) electrons. The van der Waals surface area contributed by atoms with Gasteiger partial charge >= 0.3 is 0 Å². The van der Waals surface area contributed by atoms with Crippen molar-refractivity contribution in [3.8, 4) is 5.75 Å². The van der Waals surface area contributed by atoms with E-state index in [1.807, 2.05) is 26.0 Å². The number of amides is 1. The summed E-state index contributed by atoms with van der Waals surface area (Å²) in [7, 11) is 0. The van der Waals surface area contributed by atoms with Gasteiger partial charge in [-0.2, -0.15) is 0 Å². The Hall–Kier alpha value is -1.55. The highest BCUT2D eigenvalue weighted by Crippen LogP contribution is 2.21. The van der Waals surface area contributed by atoms with Crippen molar-refractivity contribution in [3.63, 3.8) is 0 Å². The van der Waals surface area contributed by atoms with Crippen molar-refractivity contribution in [3.05, 3.63) is 29.3 Å². The second kappa shape index (κ2) is 10.2. The second-order valence-electron chi connectivity index (χ2n) is 4.92. The van der Waals surface area contributed by atoms with Crippen LogP contribution in [0, 0.1) is 0 Å². The lowest BCUT2D eigenvalue weighted by molar-refractivity contribution is 0.0952. The summed E-state index contributed by atoms with van der Waals surface area (Å²) in [5, 5.41) is 2.88. The molecule has 0 fully saturated rings. The van der Waals surface area contributed by atoms with Crippen LogP contribution in [-0.2, 0) is 11.3 Å². The highest BCUT2D eigenvalue weighted by molar-refractivity contribution is 5.94. The second-order valence-corrected chi connectivity index (χ2v) is 4.92. The van der Waals surface area contributed by atoms with Gasteiger partial charge in [0.05, 0.1) is 13.2 Å². The number of hydrogen-bond donors (Lipinski definition) is 1. The number of nitrogens with one attached hydrogen (secondary N) is 1. The molecule has 21 heavy (non-hydrogen) atoms. The molecule has 1 aromatic carbocycles. The summed E-state index contributed by atoms with van der Waals surface area (Å²) in [6.07, 6.45) is 3.08. The zero-order chi connectivity index (χ0) is 15.5. The summed E-state index contributed by atoms with van der Waals surface area (Å²) >= 11 is 0. The van der Waals surface area contributed by atoms with Crippen LogP contribution in [-0.4, -0.2) is 25.7 Å². The minimum absolute atomic E-state index is 0.0466. The fourth-order valence-corrected chi connectivity index (χ4v) is 1.90. The van der Waals surface area contributed by atoms with Crippen LogP contribution in [0.25, 0.3) is 0 Å². The van der Waals surface area contributed by atoms with Gasteiger partial charge < -0.3 is 14.8 Å². The van der Waals surface area contributed by atoms with Gasteiger partial charge in [-0.25, -0.2) is 0 Å². The Morgan fingerprint density at radius 3 is 2.67 bits per heavy atom. The molecule has 0 saturated heterocycles. The standard InChI is InChI=1S/C17H27NO3/c1-4-7-11-20-13-15-12-14(17(19)18-10-5-2)8-9-16(15)21-6-3/h8-9,12H,4-7,10-11,13H2,1-3H3,(H,18,19). The van der Waals surface area contributed by atoms with E-state index in [0.717, 1.165) is 37.2 Å². The predicted octanol–water partition coefficient (Wildman–Crippen LogP) is 3.54. The van der Waals surface area contributed by atoms with Gasteiger partial charge in [0, 0.05) is 24.3 Å². The number of ether oxygens (including phenoxy) is 2. The Morgan fingerprint density at radius 2 is 2.00 bits per heavy atom. The van der Waals surface area contributed by atoms with Gasteiger partial charge in [-0.1, -0.05) is 20.3 Å². The maximum absolute atomic E-state index is 12.0. The molecule has 0 unspecified atom stereocenters. The van der Waals surface area contributed by atoms with E-state index in [2.05, 4.69) is 12.2 Å². The number of carbonyl (C=O) groups excluding carboxylic acids is 1. The summed E-state index contributed by atoms with van der Waals surface area (Å²) in [6, 6.07) is 5.51. The van der Waals surface area contributed by atoms with Gasteiger partial charge in [0.1, 0.15) is 5.75 Å². The van der Waals surface area contributed by atoms with Crippen LogP contribution in [0.5, 0.6) is 5.75 Å². The maximum Gasteiger partial charge on any atom is 0.251 e. The van der Waals surface area contributed by atoms with Gasteiger partial charge in [0.2, 0.25) is 0 Å². The highest BCUT2D eigenvalue weighted by atomic mass is 16.5. The van der Waals surface area contributed by atoms with Gasteiger partial charge in [-0.15, -0.1) is 0 Å². The lowest BCUT2D eigenvalue weighted by Crippen LogP contribution is -2.24. The van der Waals surface area contributed by atoms with Gasteiger partial charge in [-0.3, -0.25) is 4.79 Å². The molecule has 0 aliphatic heterocycles. The number of hydrogen-bond acceptors (Lipinski definition) is 3. The molecule has 0 aromatic heterocycles. The summed E-state index contributed by atoms with van der Waals surface area (Å²) < 4.78 is 11.2. The van der Waals surface area contributed by atoms with Crippen LogP contribution in [0.1, 0.15) is 56.0 Å². The normalized spacial score (nSPS) is 10.4. The monoisotopic (exact) mass is 293 g/mol. The third kappa shape index (κ3) is 6.17. The molecule has 1 amide bonds. The largest absolute Gasteiger partial charge is 0.494 e. The molecule has 1 N–H and O–H groups in total. The van der Waals surface area contributed by atoms with E-state index in [0.29, 0.717) is 25.3 Å². The molecule has 0 atom stereocenters. The topological polar surface area (TPSA) is 47.6 Å². The van der Waals surface area contributed by atoms with Crippen molar-refractivity contribution in [2.24, 2.45) is 0 Å². The quantitative estimate of drug-likeness (QED) is 0.671. The zero-order valence-corrected chi connectivity index (χ0v) is 13.4. The van der Waals surface area contributed by atoms with Crippen LogP contribution in [0.15, 0.2) is 18.2 Å². The van der Waals surface area contributed by atoms with Crippen LogP contribution in [0.4, 0.5) is 0 Å². The lowest BCUT2D eigenvalue weighted by Gasteiger charge is -2.12.